The molecule has 0 bridgehead atoms. The van der Waals surface area contributed by atoms with Gasteiger partial charge in [-0.05, 0) is 32.6 Å². The van der Waals surface area contributed by atoms with Gasteiger partial charge in [-0.3, -0.25) is 14.6 Å². The van der Waals surface area contributed by atoms with E-state index in [9.17, 15) is 19.1 Å². The summed E-state index contributed by atoms with van der Waals surface area (Å²) >= 11 is 1.25. The molecular weight excluding hydrogens is 549 g/mol. The summed E-state index contributed by atoms with van der Waals surface area (Å²) in [4.78, 5) is 46.7. The number of hydrogen-bond donors (Lipinski definition) is 3. The Morgan fingerprint density at radius 3 is 2.90 bits per heavy atom. The average Bonchev–Trinajstić information content (AvgIpc) is 3.67. The summed E-state index contributed by atoms with van der Waals surface area (Å²) in [5.41, 5.74) is 1.69. The second-order valence-electron chi connectivity index (χ2n) is 9.77. The van der Waals surface area contributed by atoms with Crippen molar-refractivity contribution in [3.05, 3.63) is 61.1 Å². The first-order valence-corrected chi connectivity index (χ1v) is 13.8. The second-order valence-corrected chi connectivity index (χ2v) is 10.8. The molecule has 1 fully saturated rings. The first kappa shape index (κ1) is 28.3. The Balaban J connectivity index is 1.21. The van der Waals surface area contributed by atoms with Gasteiger partial charge in [0.1, 0.15) is 28.9 Å². The number of anilines is 2. The van der Waals surface area contributed by atoms with E-state index in [0.717, 1.165) is 5.52 Å². The lowest BCUT2D eigenvalue weighted by atomic mass is 10.1. The zero-order valence-electron chi connectivity index (χ0n) is 22.6. The van der Waals surface area contributed by atoms with Gasteiger partial charge >= 0.3 is 0 Å². The Bertz CT molecular complexity index is 1570. The van der Waals surface area contributed by atoms with Crippen LogP contribution in [0.15, 0.2) is 55.3 Å². The number of thiazole rings is 1. The first-order chi connectivity index (χ1) is 19.8. The number of aliphatic hydroxyl groups is 1. The number of amides is 2. The number of fused-ring (bicyclic) bond motifs is 1. The fraction of sp³-hybridized carbons (Fsp3) is 0.333. The van der Waals surface area contributed by atoms with Gasteiger partial charge in [0.05, 0.1) is 29.0 Å². The predicted octanol–water partition coefficient (Wildman–Crippen LogP) is 2.03. The predicted molar refractivity (Wildman–Crippen MR) is 153 cm³/mol. The van der Waals surface area contributed by atoms with Gasteiger partial charge in [-0.2, -0.15) is 0 Å². The highest BCUT2D eigenvalue weighted by atomic mass is 32.1. The Hall–Kier alpha value is -4.27. The molecule has 14 heteroatoms. The van der Waals surface area contributed by atoms with E-state index < -0.39 is 23.9 Å². The quantitative estimate of drug-likeness (QED) is 0.241. The van der Waals surface area contributed by atoms with Gasteiger partial charge in [0.2, 0.25) is 11.8 Å². The van der Waals surface area contributed by atoms with E-state index >= 15 is 0 Å². The molecular formula is C27H30FN9O3S. The molecule has 2 atom stereocenters. The summed E-state index contributed by atoms with van der Waals surface area (Å²) in [5, 5.41) is 16.9. The number of aromatic nitrogens is 5. The smallest absolute Gasteiger partial charge is 0.247 e. The molecule has 0 saturated carbocycles. The van der Waals surface area contributed by atoms with Crippen molar-refractivity contribution in [3.63, 3.8) is 0 Å². The standard InChI is InChI=1S/C27H30FN9O3S/c1-35(2)10-4-6-23(39)37-11-7-20(38)25(37)26(40)30-9-12-36-16-33-18-14-31-22(13-19(18)36)34-27-32-15-21(41-27)24-17(28)5-3-8-29-24/h3-6,8,13-16,20,25,38H,7,9-12H2,1-2H3,(H,30,40)(H,31,32,34)/b6-4+/t20-,25?/m0/s1. The maximum Gasteiger partial charge on any atom is 0.247 e. The normalized spacial score (nSPS) is 17.1. The monoisotopic (exact) mass is 579 g/mol. The molecule has 5 heterocycles. The van der Waals surface area contributed by atoms with Crippen molar-refractivity contribution in [2.75, 3.05) is 39.0 Å². The second kappa shape index (κ2) is 12.5. The highest BCUT2D eigenvalue weighted by Gasteiger charge is 2.40. The topological polar surface area (TPSA) is 141 Å². The maximum atomic E-state index is 14.1. The van der Waals surface area contributed by atoms with Gasteiger partial charge in [-0.1, -0.05) is 17.4 Å². The van der Waals surface area contributed by atoms with Crippen molar-refractivity contribution >= 4 is 45.1 Å². The van der Waals surface area contributed by atoms with E-state index in [1.165, 1.54) is 40.6 Å². The van der Waals surface area contributed by atoms with Gasteiger partial charge in [0, 0.05) is 50.7 Å². The lowest BCUT2D eigenvalue weighted by Crippen LogP contribution is -2.50. The fourth-order valence-corrected chi connectivity index (χ4v) is 5.35. The van der Waals surface area contributed by atoms with Crippen molar-refractivity contribution in [3.8, 4) is 10.6 Å². The Morgan fingerprint density at radius 2 is 2.10 bits per heavy atom. The van der Waals surface area contributed by atoms with Crippen molar-refractivity contribution in [1.82, 2.24) is 39.6 Å². The number of likely N-dealkylation sites (N-methyl/N-ethyl adjacent to an activating group) is 1. The van der Waals surface area contributed by atoms with Crippen molar-refractivity contribution in [1.29, 1.82) is 0 Å². The minimum absolute atomic E-state index is 0.236. The van der Waals surface area contributed by atoms with Crippen LogP contribution in [-0.2, 0) is 16.1 Å². The van der Waals surface area contributed by atoms with Crippen LogP contribution in [0.1, 0.15) is 6.42 Å². The third-order valence-electron chi connectivity index (χ3n) is 6.54. The van der Waals surface area contributed by atoms with Crippen LogP contribution in [0.2, 0.25) is 0 Å². The molecule has 214 valence electrons. The molecule has 0 spiro atoms. The van der Waals surface area contributed by atoms with Crippen LogP contribution in [-0.4, -0.2) is 97.1 Å². The van der Waals surface area contributed by atoms with E-state index in [2.05, 4.69) is 30.6 Å². The number of aliphatic hydroxyl groups excluding tert-OH is 1. The van der Waals surface area contributed by atoms with Crippen LogP contribution in [0.4, 0.5) is 15.3 Å². The summed E-state index contributed by atoms with van der Waals surface area (Å²) in [5.74, 6) is -0.594. The summed E-state index contributed by atoms with van der Waals surface area (Å²) in [7, 11) is 3.79. The van der Waals surface area contributed by atoms with E-state index in [1.54, 1.807) is 24.8 Å². The molecule has 1 aliphatic rings. The third kappa shape index (κ3) is 6.56. The highest BCUT2D eigenvalue weighted by Crippen LogP contribution is 2.31. The molecule has 2 amide bonds. The lowest BCUT2D eigenvalue weighted by molar-refractivity contribution is -0.137. The number of imidazole rings is 1. The van der Waals surface area contributed by atoms with Crippen LogP contribution < -0.4 is 10.6 Å². The summed E-state index contributed by atoms with van der Waals surface area (Å²) in [6.07, 6.45) is 8.97. The minimum Gasteiger partial charge on any atom is -0.390 e. The minimum atomic E-state index is -0.936. The van der Waals surface area contributed by atoms with Gasteiger partial charge in [-0.25, -0.2) is 19.3 Å². The molecule has 4 aromatic heterocycles. The third-order valence-corrected chi connectivity index (χ3v) is 7.46. The number of pyridine rings is 2. The molecule has 1 saturated heterocycles. The molecule has 1 unspecified atom stereocenters. The van der Waals surface area contributed by atoms with Gasteiger partial charge < -0.3 is 30.1 Å². The van der Waals surface area contributed by atoms with Gasteiger partial charge in [0.25, 0.3) is 0 Å². The summed E-state index contributed by atoms with van der Waals surface area (Å²) < 4.78 is 16.0. The average molecular weight is 580 g/mol. The Morgan fingerprint density at radius 1 is 1.24 bits per heavy atom. The number of halogens is 1. The number of carbonyl (C=O) groups is 2. The van der Waals surface area contributed by atoms with E-state index in [-0.39, 0.29) is 18.1 Å². The number of nitrogens with one attached hydrogen (secondary N) is 2. The van der Waals surface area contributed by atoms with Gasteiger partial charge in [0.15, 0.2) is 5.13 Å². The van der Waals surface area contributed by atoms with E-state index in [0.29, 0.717) is 47.4 Å². The van der Waals surface area contributed by atoms with Crippen molar-refractivity contribution < 1.29 is 19.1 Å². The molecule has 0 aliphatic carbocycles. The molecule has 3 N–H and O–H groups in total. The molecule has 4 aromatic rings. The zero-order valence-corrected chi connectivity index (χ0v) is 23.4. The SMILES string of the molecule is CN(C)C/C=C/C(=O)N1CC[C@H](O)C1C(=O)NCCn1cnc2cnc(Nc3ncc(-c4ncccc4F)s3)cc21. The Labute approximate surface area is 239 Å². The molecule has 12 nitrogen and oxygen atoms in total. The fourth-order valence-electron chi connectivity index (χ4n) is 4.53. The van der Waals surface area contributed by atoms with Crippen LogP contribution in [0.3, 0.4) is 0 Å². The summed E-state index contributed by atoms with van der Waals surface area (Å²) in [6.45, 7) is 1.59. The van der Waals surface area contributed by atoms with Crippen LogP contribution in [0.25, 0.3) is 21.6 Å². The molecule has 0 radical (unpaired) electrons. The van der Waals surface area contributed by atoms with Crippen molar-refractivity contribution in [2.45, 2.75) is 25.1 Å². The van der Waals surface area contributed by atoms with Crippen LogP contribution >= 0.6 is 11.3 Å². The lowest BCUT2D eigenvalue weighted by Gasteiger charge is -2.24. The Kier molecular flexibility index (Phi) is 8.61. The van der Waals surface area contributed by atoms with E-state index in [4.69, 9.17) is 0 Å². The maximum absolute atomic E-state index is 14.1. The summed E-state index contributed by atoms with van der Waals surface area (Å²) in [6, 6.07) is 3.76. The first-order valence-electron chi connectivity index (χ1n) is 13.0. The molecule has 0 aromatic carbocycles. The number of carbonyl (C=O) groups excluding carboxylic acids is 2. The number of nitrogens with zero attached hydrogens (tertiary/aromatic N) is 7. The number of likely N-dealkylation sites (tertiary alicyclic amines) is 1. The largest absolute Gasteiger partial charge is 0.390 e. The number of hydrogen-bond acceptors (Lipinski definition) is 10. The zero-order chi connectivity index (χ0) is 28.9. The highest BCUT2D eigenvalue weighted by molar-refractivity contribution is 7.18. The molecule has 5 rings (SSSR count). The van der Waals surface area contributed by atoms with Crippen LogP contribution in [0, 0.1) is 5.82 Å². The van der Waals surface area contributed by atoms with Gasteiger partial charge in [-0.15, -0.1) is 0 Å². The molecule has 1 aliphatic heterocycles. The molecule has 41 heavy (non-hydrogen) atoms. The van der Waals surface area contributed by atoms with E-state index in [1.807, 2.05) is 29.6 Å². The van der Waals surface area contributed by atoms with Crippen LogP contribution in [0.5, 0.6) is 0 Å². The van der Waals surface area contributed by atoms with Crippen molar-refractivity contribution in [2.24, 2.45) is 0 Å². The number of rotatable bonds is 10.